The fourth-order valence-corrected chi connectivity index (χ4v) is 3.48. The van der Waals surface area contributed by atoms with Crippen LogP contribution in [0.25, 0.3) is 11.3 Å². The first-order chi connectivity index (χ1) is 15.7. The van der Waals surface area contributed by atoms with Crippen molar-refractivity contribution in [1.82, 2.24) is 25.3 Å². The van der Waals surface area contributed by atoms with Crippen LogP contribution in [0, 0.1) is 5.82 Å². The molecule has 3 heterocycles. The molecule has 160 valence electrons. The second kappa shape index (κ2) is 8.46. The number of fused-ring (bicyclic) bond motifs is 1. The monoisotopic (exact) mass is 431 g/mol. The summed E-state index contributed by atoms with van der Waals surface area (Å²) in [4.78, 5) is 17.0. The number of pyridine rings is 1. The van der Waals surface area contributed by atoms with Gasteiger partial charge in [0.1, 0.15) is 11.5 Å². The van der Waals surface area contributed by atoms with Gasteiger partial charge in [0, 0.05) is 30.1 Å². The summed E-state index contributed by atoms with van der Waals surface area (Å²) in [5.41, 5.74) is 2.63. The number of carbonyl (C=O) groups is 1. The van der Waals surface area contributed by atoms with E-state index in [0.29, 0.717) is 28.3 Å². The Balaban J connectivity index is 1.42. The highest BCUT2D eigenvalue weighted by Gasteiger charge is 2.22. The van der Waals surface area contributed by atoms with Gasteiger partial charge in [-0.25, -0.2) is 9.07 Å². The molecule has 1 aliphatic rings. The summed E-state index contributed by atoms with van der Waals surface area (Å²) in [5, 5.41) is 11.1. The zero-order valence-electron chi connectivity index (χ0n) is 16.9. The van der Waals surface area contributed by atoms with E-state index in [-0.39, 0.29) is 31.4 Å². The Morgan fingerprint density at radius 2 is 1.88 bits per heavy atom. The highest BCUT2D eigenvalue weighted by Crippen LogP contribution is 2.32. The third kappa shape index (κ3) is 3.87. The summed E-state index contributed by atoms with van der Waals surface area (Å²) in [5.74, 6) is 0.577. The van der Waals surface area contributed by atoms with Crippen molar-refractivity contribution >= 4 is 5.91 Å². The number of amides is 1. The van der Waals surface area contributed by atoms with Crippen molar-refractivity contribution in [2.24, 2.45) is 0 Å². The maximum Gasteiger partial charge on any atom is 0.274 e. The molecule has 0 unspecified atom stereocenters. The highest BCUT2D eigenvalue weighted by molar-refractivity contribution is 5.98. The first kappa shape index (κ1) is 19.7. The second-order valence-corrected chi connectivity index (χ2v) is 7.14. The Morgan fingerprint density at radius 3 is 2.72 bits per heavy atom. The lowest BCUT2D eigenvalue weighted by molar-refractivity contribution is 0.0946. The summed E-state index contributed by atoms with van der Waals surface area (Å²) >= 11 is 0. The number of hydrogen-bond donors (Lipinski definition) is 1. The van der Waals surface area contributed by atoms with Crippen molar-refractivity contribution in [2.45, 2.75) is 13.1 Å². The standard InChI is InChI=1S/C23H18FN5O3/c24-18-4-2-1-3-17(18)13-29-22(16-7-9-25-10-8-16)21(27-28-29)23(30)26-12-15-5-6-19-20(11-15)32-14-31-19/h1-11H,12-14H2,(H,26,30). The molecule has 1 amide bonds. The van der Waals surface area contributed by atoms with Crippen molar-refractivity contribution in [3.8, 4) is 22.8 Å². The van der Waals surface area contributed by atoms with Gasteiger partial charge in [-0.05, 0) is 35.9 Å². The van der Waals surface area contributed by atoms with Gasteiger partial charge in [-0.2, -0.15) is 0 Å². The van der Waals surface area contributed by atoms with E-state index in [1.807, 2.05) is 12.1 Å². The number of ether oxygens (including phenoxy) is 2. The Labute approximate surface area is 182 Å². The molecule has 5 rings (SSSR count). The number of hydrogen-bond acceptors (Lipinski definition) is 6. The molecule has 0 bridgehead atoms. The van der Waals surface area contributed by atoms with E-state index >= 15 is 0 Å². The van der Waals surface area contributed by atoms with E-state index in [9.17, 15) is 9.18 Å². The lowest BCUT2D eigenvalue weighted by Crippen LogP contribution is -2.24. The summed E-state index contributed by atoms with van der Waals surface area (Å²) in [7, 11) is 0. The zero-order valence-corrected chi connectivity index (χ0v) is 16.9. The number of rotatable bonds is 6. The average molecular weight is 431 g/mol. The summed E-state index contributed by atoms with van der Waals surface area (Å²) < 4.78 is 26.4. The summed E-state index contributed by atoms with van der Waals surface area (Å²) in [6.07, 6.45) is 3.23. The molecule has 1 N–H and O–H groups in total. The van der Waals surface area contributed by atoms with Crippen LogP contribution in [0.1, 0.15) is 21.6 Å². The SMILES string of the molecule is O=C(NCc1ccc2c(c1)OCO2)c1nnn(Cc2ccccc2F)c1-c1ccncc1. The molecule has 4 aromatic rings. The molecule has 2 aromatic heterocycles. The predicted molar refractivity (Wildman–Crippen MR) is 112 cm³/mol. The fraction of sp³-hybridized carbons (Fsp3) is 0.130. The Bertz CT molecular complexity index is 1280. The highest BCUT2D eigenvalue weighted by atomic mass is 19.1. The van der Waals surface area contributed by atoms with Crippen LogP contribution in [0.2, 0.25) is 0 Å². The molecular weight excluding hydrogens is 413 g/mol. The van der Waals surface area contributed by atoms with Gasteiger partial charge in [0.05, 0.1) is 6.54 Å². The fourth-order valence-electron chi connectivity index (χ4n) is 3.48. The smallest absolute Gasteiger partial charge is 0.274 e. The van der Waals surface area contributed by atoms with Gasteiger partial charge < -0.3 is 14.8 Å². The molecule has 8 nitrogen and oxygen atoms in total. The number of carbonyl (C=O) groups excluding carboxylic acids is 1. The normalized spacial score (nSPS) is 12.0. The molecule has 1 aliphatic heterocycles. The summed E-state index contributed by atoms with van der Waals surface area (Å²) in [6.45, 7) is 0.587. The largest absolute Gasteiger partial charge is 0.454 e. The molecule has 0 saturated carbocycles. The molecule has 2 aromatic carbocycles. The second-order valence-electron chi connectivity index (χ2n) is 7.14. The number of nitrogens with one attached hydrogen (secondary N) is 1. The van der Waals surface area contributed by atoms with Gasteiger partial charge in [-0.1, -0.05) is 29.5 Å². The van der Waals surface area contributed by atoms with Crippen LogP contribution in [0.15, 0.2) is 67.0 Å². The van der Waals surface area contributed by atoms with Crippen LogP contribution in [0.5, 0.6) is 11.5 Å². The van der Waals surface area contributed by atoms with Crippen LogP contribution in [0.3, 0.4) is 0 Å². The third-order valence-electron chi connectivity index (χ3n) is 5.07. The van der Waals surface area contributed by atoms with E-state index in [0.717, 1.165) is 5.56 Å². The van der Waals surface area contributed by atoms with Crippen LogP contribution >= 0.6 is 0 Å². The number of benzene rings is 2. The Kier molecular flexibility index (Phi) is 5.20. The minimum Gasteiger partial charge on any atom is -0.454 e. The van der Waals surface area contributed by atoms with Crippen LogP contribution in [-0.4, -0.2) is 32.7 Å². The van der Waals surface area contributed by atoms with Crippen molar-refractivity contribution in [2.75, 3.05) is 6.79 Å². The van der Waals surface area contributed by atoms with Crippen molar-refractivity contribution in [3.05, 3.63) is 89.6 Å². The Morgan fingerprint density at radius 1 is 1.06 bits per heavy atom. The average Bonchev–Trinajstić information content (AvgIpc) is 3.46. The number of halogens is 1. The van der Waals surface area contributed by atoms with E-state index in [2.05, 4.69) is 20.6 Å². The molecule has 0 atom stereocenters. The minimum atomic E-state index is -0.394. The molecule has 0 saturated heterocycles. The molecule has 0 aliphatic carbocycles. The van der Waals surface area contributed by atoms with Crippen LogP contribution in [-0.2, 0) is 13.1 Å². The maximum atomic E-state index is 14.2. The Hall–Kier alpha value is -4.27. The van der Waals surface area contributed by atoms with Crippen molar-refractivity contribution < 1.29 is 18.7 Å². The van der Waals surface area contributed by atoms with Crippen LogP contribution in [0.4, 0.5) is 4.39 Å². The quantitative estimate of drug-likeness (QED) is 0.504. The third-order valence-corrected chi connectivity index (χ3v) is 5.07. The lowest BCUT2D eigenvalue weighted by atomic mass is 10.1. The maximum absolute atomic E-state index is 14.2. The van der Waals surface area contributed by atoms with Gasteiger partial charge in [-0.15, -0.1) is 5.10 Å². The van der Waals surface area contributed by atoms with E-state index in [1.165, 1.54) is 10.7 Å². The first-order valence-corrected chi connectivity index (χ1v) is 9.93. The van der Waals surface area contributed by atoms with Gasteiger partial charge >= 0.3 is 0 Å². The number of nitrogens with zero attached hydrogens (tertiary/aromatic N) is 4. The van der Waals surface area contributed by atoms with Crippen molar-refractivity contribution in [1.29, 1.82) is 0 Å². The summed E-state index contributed by atoms with van der Waals surface area (Å²) in [6, 6.07) is 15.4. The minimum absolute atomic E-state index is 0.132. The predicted octanol–water partition coefficient (Wildman–Crippen LogP) is 3.19. The topological polar surface area (TPSA) is 91.2 Å². The van der Waals surface area contributed by atoms with Gasteiger partial charge in [0.15, 0.2) is 17.2 Å². The lowest BCUT2D eigenvalue weighted by Gasteiger charge is -2.10. The number of aromatic nitrogens is 4. The van der Waals surface area contributed by atoms with Gasteiger partial charge in [-0.3, -0.25) is 9.78 Å². The molecule has 0 radical (unpaired) electrons. The van der Waals surface area contributed by atoms with Crippen molar-refractivity contribution in [3.63, 3.8) is 0 Å². The molecule has 0 fully saturated rings. The van der Waals surface area contributed by atoms with Gasteiger partial charge in [0.25, 0.3) is 5.91 Å². The van der Waals surface area contributed by atoms with E-state index in [4.69, 9.17) is 9.47 Å². The molecule has 32 heavy (non-hydrogen) atoms. The molecule has 9 heteroatoms. The zero-order chi connectivity index (χ0) is 21.9. The van der Waals surface area contributed by atoms with E-state index in [1.54, 1.807) is 48.8 Å². The molecular formula is C23H18FN5O3. The molecule has 0 spiro atoms. The van der Waals surface area contributed by atoms with Crippen LogP contribution < -0.4 is 14.8 Å². The first-order valence-electron chi connectivity index (χ1n) is 9.93. The van der Waals surface area contributed by atoms with Gasteiger partial charge in [0.2, 0.25) is 6.79 Å². The van der Waals surface area contributed by atoms with E-state index < -0.39 is 5.91 Å².